The molecular weight excluding hydrogens is 816 g/mol. The third kappa shape index (κ3) is 11.1. The van der Waals surface area contributed by atoms with Gasteiger partial charge in [0.05, 0.1) is 44.7 Å². The Labute approximate surface area is 367 Å². The molecule has 0 unspecified atom stereocenters. The monoisotopic (exact) mass is 882 g/mol. The molecule has 1 aliphatic heterocycles. The highest BCUT2D eigenvalue weighted by atomic mass is 32.2. The summed E-state index contributed by atoms with van der Waals surface area (Å²) in [6.07, 6.45) is 0.165. The van der Waals surface area contributed by atoms with Gasteiger partial charge in [0.2, 0.25) is 15.9 Å². The second-order valence-electron chi connectivity index (χ2n) is 18.3. The molecule has 16 heteroatoms. The van der Waals surface area contributed by atoms with Crippen molar-refractivity contribution in [2.24, 2.45) is 29.1 Å². The van der Waals surface area contributed by atoms with Crippen LogP contribution in [0, 0.1) is 34.9 Å². The maximum atomic E-state index is 16.2. The summed E-state index contributed by atoms with van der Waals surface area (Å²) >= 11 is 0. The fraction of sp³-hybridized carbons (Fsp3) is 0.565. The molecule has 1 saturated heterocycles. The number of aliphatic hydroxyl groups excluding tert-OH is 2. The van der Waals surface area contributed by atoms with Gasteiger partial charge in [0, 0.05) is 55.5 Å². The highest BCUT2D eigenvalue weighted by Crippen LogP contribution is 2.54. The molecule has 0 aromatic heterocycles. The van der Waals surface area contributed by atoms with Crippen molar-refractivity contribution in [3.8, 4) is 16.9 Å². The molecule has 5 N–H and O–H groups in total. The van der Waals surface area contributed by atoms with E-state index < -0.39 is 70.5 Å². The van der Waals surface area contributed by atoms with E-state index in [0.717, 1.165) is 12.7 Å². The number of aliphatic hydroxyl groups is 2. The molecule has 1 heterocycles. The Balaban J connectivity index is 1.50. The van der Waals surface area contributed by atoms with Gasteiger partial charge in [0.15, 0.2) is 0 Å². The highest BCUT2D eigenvalue weighted by molar-refractivity contribution is 7.88. The minimum Gasteiger partial charge on any atom is -0.496 e. The summed E-state index contributed by atoms with van der Waals surface area (Å²) in [5.41, 5.74) is 2.76. The number of amides is 2. The molecule has 9 atom stereocenters. The Morgan fingerprint density at radius 1 is 1.06 bits per heavy atom. The third-order valence-corrected chi connectivity index (χ3v) is 13.7. The van der Waals surface area contributed by atoms with Crippen LogP contribution in [0.5, 0.6) is 5.75 Å². The number of halogens is 1. The van der Waals surface area contributed by atoms with E-state index in [1.54, 1.807) is 49.4 Å². The standard InChI is InChI=1S/C46H67FN6O8S/c1-27(36-19-28(2)46(36,4)5)23-48-45(57)42-40(29(3)55)39(26-54)61-53(42)24-35-37(47)18-17-34(43(35)60-10)31-20-32(22-33(21-31)52(8)9)44(56)49-38(25-51(6)7)41(50-62(11,58)59)30-15-13-12-14-16-30/h12-18,20-22,27-29,36,38-42,50,54-55H,19,23-26H2,1-11H3,(H,48,57)(H,49,56)/t27-,28+,29+,36+,38-,39+,40-,41+,42+/m1/s1. The van der Waals surface area contributed by atoms with Crippen LogP contribution in [0.25, 0.3) is 11.1 Å². The number of hydrogen-bond donors (Lipinski definition) is 5. The molecule has 2 aliphatic rings. The third-order valence-electron chi connectivity index (χ3n) is 13.0. The van der Waals surface area contributed by atoms with Crippen LogP contribution in [-0.4, -0.2) is 126 Å². The van der Waals surface area contributed by atoms with Crippen molar-refractivity contribution in [1.82, 2.24) is 25.3 Å². The summed E-state index contributed by atoms with van der Waals surface area (Å²) in [6.45, 7) is 10.4. The number of nitrogens with one attached hydrogen (secondary N) is 3. The summed E-state index contributed by atoms with van der Waals surface area (Å²) in [5, 5.41) is 28.8. The van der Waals surface area contributed by atoms with Crippen molar-refractivity contribution >= 4 is 27.5 Å². The first-order valence-corrected chi connectivity index (χ1v) is 23.1. The topological polar surface area (TPSA) is 173 Å². The summed E-state index contributed by atoms with van der Waals surface area (Å²) in [5.74, 6) is -1.00. The van der Waals surface area contributed by atoms with Crippen LogP contribution >= 0.6 is 0 Å². The number of benzene rings is 3. The molecule has 1 saturated carbocycles. The van der Waals surface area contributed by atoms with Crippen molar-refractivity contribution in [3.05, 3.63) is 83.2 Å². The smallest absolute Gasteiger partial charge is 0.251 e. The number of rotatable bonds is 19. The van der Waals surface area contributed by atoms with E-state index >= 15 is 4.39 Å². The van der Waals surface area contributed by atoms with E-state index in [2.05, 4.69) is 43.1 Å². The zero-order chi connectivity index (χ0) is 45.8. The van der Waals surface area contributed by atoms with Gasteiger partial charge in [-0.25, -0.2) is 17.5 Å². The fourth-order valence-corrected chi connectivity index (χ4v) is 9.98. The molecule has 2 amide bonds. The van der Waals surface area contributed by atoms with Crippen LogP contribution in [-0.2, 0) is 26.2 Å². The van der Waals surface area contributed by atoms with Gasteiger partial charge in [-0.15, -0.1) is 0 Å². The first kappa shape index (κ1) is 48.9. The van der Waals surface area contributed by atoms with Gasteiger partial charge < -0.3 is 35.4 Å². The van der Waals surface area contributed by atoms with Crippen LogP contribution in [0.2, 0.25) is 0 Å². The first-order valence-electron chi connectivity index (χ1n) is 21.2. The van der Waals surface area contributed by atoms with Crippen molar-refractivity contribution in [2.45, 2.75) is 77.9 Å². The number of sulfonamides is 1. The average molecular weight is 883 g/mol. The normalized spacial score (nSPS) is 23.2. The SMILES string of the molecule is COc1c(-c2cc(C(=O)N[C@H](CN(C)C)[C@@H](NS(C)(=O)=O)c3ccccc3)cc(N(C)C)c2)ccc(F)c1CN1O[C@@H](CO)[C@@H]([C@H](C)O)[C@H]1C(=O)NC[C@@H](C)[C@@H]1C[C@H](C)C1(C)C. The zero-order valence-electron chi connectivity index (χ0n) is 38.0. The van der Waals surface area contributed by atoms with Crippen molar-refractivity contribution in [1.29, 1.82) is 0 Å². The Morgan fingerprint density at radius 3 is 2.29 bits per heavy atom. The first-order chi connectivity index (χ1) is 29.1. The number of hydroxylamine groups is 2. The molecule has 342 valence electrons. The van der Waals surface area contributed by atoms with E-state index in [1.165, 1.54) is 18.2 Å². The van der Waals surface area contributed by atoms with Gasteiger partial charge in [-0.1, -0.05) is 58.0 Å². The Hall–Kier alpha value is -4.16. The molecule has 62 heavy (non-hydrogen) atoms. The van der Waals surface area contributed by atoms with E-state index in [9.17, 15) is 28.2 Å². The molecule has 1 aliphatic carbocycles. The number of hydrogen-bond acceptors (Lipinski definition) is 11. The molecular formula is C46H67FN6O8S. The van der Waals surface area contributed by atoms with Crippen molar-refractivity contribution < 1.29 is 42.2 Å². The molecule has 0 spiro atoms. The molecule has 5 rings (SSSR count). The lowest BCUT2D eigenvalue weighted by atomic mass is 9.52. The Morgan fingerprint density at radius 2 is 1.74 bits per heavy atom. The van der Waals surface area contributed by atoms with Gasteiger partial charge in [-0.05, 0) is 92.1 Å². The zero-order valence-corrected chi connectivity index (χ0v) is 38.8. The van der Waals surface area contributed by atoms with Crippen molar-refractivity contribution in [2.75, 3.05) is 66.2 Å². The lowest BCUT2D eigenvalue weighted by Gasteiger charge is -2.53. The quantitative estimate of drug-likeness (QED) is 0.115. The summed E-state index contributed by atoms with van der Waals surface area (Å²) in [4.78, 5) is 38.3. The van der Waals surface area contributed by atoms with E-state index in [1.807, 2.05) is 50.1 Å². The maximum Gasteiger partial charge on any atom is 0.251 e. The lowest BCUT2D eigenvalue weighted by Crippen LogP contribution is -2.52. The minimum absolute atomic E-state index is 0.0640. The van der Waals surface area contributed by atoms with Crippen LogP contribution in [0.1, 0.15) is 68.6 Å². The van der Waals surface area contributed by atoms with Crippen molar-refractivity contribution in [3.63, 3.8) is 0 Å². The summed E-state index contributed by atoms with van der Waals surface area (Å²) in [7, 11) is 5.02. The Bertz CT molecular complexity index is 2140. The molecule has 3 aromatic carbocycles. The largest absolute Gasteiger partial charge is 0.496 e. The Kier molecular flexibility index (Phi) is 15.9. The number of methoxy groups -OCH3 is 1. The van der Waals surface area contributed by atoms with Gasteiger partial charge in [0.1, 0.15) is 23.7 Å². The predicted octanol–water partition coefficient (Wildman–Crippen LogP) is 4.43. The predicted molar refractivity (Wildman–Crippen MR) is 239 cm³/mol. The molecule has 0 radical (unpaired) electrons. The summed E-state index contributed by atoms with van der Waals surface area (Å²) in [6, 6.07) is 14.5. The van der Waals surface area contributed by atoms with Gasteiger partial charge in [-0.3, -0.25) is 14.4 Å². The van der Waals surface area contributed by atoms with Gasteiger partial charge in [-0.2, -0.15) is 5.06 Å². The van der Waals surface area contributed by atoms with Crippen LogP contribution in [0.15, 0.2) is 60.7 Å². The fourth-order valence-electron chi connectivity index (χ4n) is 9.22. The number of anilines is 1. The second-order valence-corrected chi connectivity index (χ2v) is 20.1. The van der Waals surface area contributed by atoms with Crippen LogP contribution in [0.3, 0.4) is 0 Å². The molecule has 2 fully saturated rings. The number of carbonyl (C=O) groups is 2. The molecule has 3 aromatic rings. The summed E-state index contributed by atoms with van der Waals surface area (Å²) < 4.78 is 50.0. The number of ether oxygens (including phenoxy) is 1. The average Bonchev–Trinajstić information content (AvgIpc) is 3.59. The maximum absolute atomic E-state index is 16.2. The van der Waals surface area contributed by atoms with E-state index in [-0.39, 0.29) is 34.8 Å². The minimum atomic E-state index is -3.70. The number of nitrogens with zero attached hydrogens (tertiary/aromatic N) is 3. The molecule has 14 nitrogen and oxygen atoms in total. The number of likely N-dealkylation sites (N-methyl/N-ethyl adjacent to an activating group) is 1. The molecule has 0 bridgehead atoms. The lowest BCUT2D eigenvalue weighted by molar-refractivity contribution is -0.182. The number of carbonyl (C=O) groups excluding carboxylic acids is 2. The van der Waals surface area contributed by atoms with E-state index in [0.29, 0.717) is 47.3 Å². The van der Waals surface area contributed by atoms with Crippen LogP contribution in [0.4, 0.5) is 10.1 Å². The van der Waals surface area contributed by atoms with Gasteiger partial charge in [0.25, 0.3) is 5.91 Å². The van der Waals surface area contributed by atoms with Gasteiger partial charge >= 0.3 is 0 Å². The second kappa shape index (κ2) is 20.1. The van der Waals surface area contributed by atoms with E-state index in [4.69, 9.17) is 9.57 Å². The van der Waals surface area contributed by atoms with Crippen LogP contribution < -0.4 is 25.0 Å². The highest BCUT2D eigenvalue weighted by Gasteiger charge is 2.51.